The molecule has 4 rings (SSSR count). The first kappa shape index (κ1) is 23.3. The lowest BCUT2D eigenvalue weighted by Crippen LogP contribution is -2.47. The van der Waals surface area contributed by atoms with E-state index in [1.165, 1.54) is 40.7 Å². The highest BCUT2D eigenvalue weighted by atomic mass is 32.2. The average molecular weight is 475 g/mol. The SMILES string of the molecule is Cc1ccc(S(=O)(=O)N(c2ccc(F)cc2)C2CCN(Cc3ccc(F)cc3F)CC2)cc1. The van der Waals surface area contributed by atoms with E-state index in [9.17, 15) is 21.6 Å². The zero-order chi connectivity index (χ0) is 23.6. The first-order valence-electron chi connectivity index (χ1n) is 10.8. The highest BCUT2D eigenvalue weighted by Crippen LogP contribution is 2.31. The van der Waals surface area contributed by atoms with Gasteiger partial charge in [0.1, 0.15) is 17.5 Å². The largest absolute Gasteiger partial charge is 0.299 e. The number of piperidine rings is 1. The van der Waals surface area contributed by atoms with Crippen LogP contribution in [-0.2, 0) is 16.6 Å². The molecule has 0 amide bonds. The summed E-state index contributed by atoms with van der Waals surface area (Å²) >= 11 is 0. The van der Waals surface area contributed by atoms with Gasteiger partial charge in [-0.25, -0.2) is 21.6 Å². The monoisotopic (exact) mass is 474 g/mol. The molecule has 3 aromatic rings. The Labute approximate surface area is 192 Å². The molecule has 1 aliphatic rings. The van der Waals surface area contributed by atoms with E-state index in [-0.39, 0.29) is 10.9 Å². The summed E-state index contributed by atoms with van der Waals surface area (Å²) in [6, 6.07) is 15.3. The molecule has 0 bridgehead atoms. The maximum absolute atomic E-state index is 14.1. The molecule has 8 heteroatoms. The summed E-state index contributed by atoms with van der Waals surface area (Å²) in [4.78, 5) is 2.20. The molecule has 0 aliphatic carbocycles. The van der Waals surface area contributed by atoms with Crippen molar-refractivity contribution in [3.63, 3.8) is 0 Å². The van der Waals surface area contributed by atoms with Crippen LogP contribution < -0.4 is 4.31 Å². The minimum absolute atomic E-state index is 0.174. The van der Waals surface area contributed by atoms with Crippen LogP contribution in [0.5, 0.6) is 0 Å². The number of nitrogens with zero attached hydrogens (tertiary/aromatic N) is 2. The summed E-state index contributed by atoms with van der Waals surface area (Å²) in [7, 11) is -3.88. The van der Waals surface area contributed by atoms with Gasteiger partial charge in [-0.1, -0.05) is 23.8 Å². The third kappa shape index (κ3) is 5.23. The van der Waals surface area contributed by atoms with E-state index in [4.69, 9.17) is 0 Å². The van der Waals surface area contributed by atoms with Gasteiger partial charge in [-0.3, -0.25) is 9.21 Å². The van der Waals surface area contributed by atoms with Gasteiger partial charge in [0.05, 0.1) is 10.6 Å². The number of rotatable bonds is 6. The van der Waals surface area contributed by atoms with Crippen molar-refractivity contribution in [2.45, 2.75) is 37.2 Å². The Hall–Kier alpha value is -2.84. The summed E-state index contributed by atoms with van der Waals surface area (Å²) in [5.41, 5.74) is 1.75. The quantitative estimate of drug-likeness (QED) is 0.489. The fourth-order valence-electron chi connectivity index (χ4n) is 4.16. The Morgan fingerprint density at radius 1 is 0.879 bits per heavy atom. The molecule has 0 spiro atoms. The van der Waals surface area contributed by atoms with E-state index < -0.39 is 27.5 Å². The minimum Gasteiger partial charge on any atom is -0.299 e. The van der Waals surface area contributed by atoms with Crippen molar-refractivity contribution in [2.75, 3.05) is 17.4 Å². The summed E-state index contributed by atoms with van der Waals surface area (Å²) < 4.78 is 69.4. The van der Waals surface area contributed by atoms with Crippen LogP contribution in [-0.4, -0.2) is 32.4 Å². The Kier molecular flexibility index (Phi) is 6.76. The molecule has 1 aliphatic heterocycles. The minimum atomic E-state index is -3.88. The standard InChI is InChI=1S/C25H25F3N2O2S/c1-18-2-10-24(11-3-18)33(31,32)30(22-8-6-20(26)7-9-22)23-12-14-29(15-13-23)17-19-4-5-21(27)16-25(19)28/h2-11,16,23H,12-15,17H2,1H3. The summed E-state index contributed by atoms with van der Waals surface area (Å²) in [5.74, 6) is -1.65. The van der Waals surface area contributed by atoms with Crippen LogP contribution in [0.3, 0.4) is 0 Å². The molecular weight excluding hydrogens is 449 g/mol. The van der Waals surface area contributed by atoms with Crippen molar-refractivity contribution >= 4 is 15.7 Å². The van der Waals surface area contributed by atoms with E-state index in [1.807, 2.05) is 11.8 Å². The smallest absolute Gasteiger partial charge is 0.264 e. The average Bonchev–Trinajstić information content (AvgIpc) is 2.78. The first-order valence-corrected chi connectivity index (χ1v) is 12.2. The molecular formula is C25H25F3N2O2S. The second-order valence-electron chi connectivity index (χ2n) is 8.33. The summed E-state index contributed by atoms with van der Waals surface area (Å²) in [5, 5.41) is 0. The first-order chi connectivity index (χ1) is 15.7. The molecule has 0 saturated carbocycles. The Morgan fingerprint density at radius 2 is 1.48 bits per heavy atom. The number of aryl methyl sites for hydroxylation is 1. The van der Waals surface area contributed by atoms with Gasteiger partial charge in [-0.05, 0) is 62.2 Å². The van der Waals surface area contributed by atoms with Crippen LogP contribution in [0.25, 0.3) is 0 Å². The number of likely N-dealkylation sites (tertiary alicyclic amines) is 1. The molecule has 3 aromatic carbocycles. The fraction of sp³-hybridized carbons (Fsp3) is 0.280. The van der Waals surface area contributed by atoms with E-state index in [0.29, 0.717) is 43.7 Å². The predicted octanol–water partition coefficient (Wildman–Crippen LogP) is 5.27. The lowest BCUT2D eigenvalue weighted by atomic mass is 10.0. The third-order valence-corrected chi connectivity index (χ3v) is 7.85. The maximum Gasteiger partial charge on any atom is 0.264 e. The lowest BCUT2D eigenvalue weighted by Gasteiger charge is -2.39. The van der Waals surface area contributed by atoms with Gasteiger partial charge in [-0.15, -0.1) is 0 Å². The predicted molar refractivity (Wildman–Crippen MR) is 122 cm³/mol. The van der Waals surface area contributed by atoms with Gasteiger partial charge in [0.15, 0.2) is 0 Å². The second-order valence-corrected chi connectivity index (χ2v) is 10.1. The molecule has 0 unspecified atom stereocenters. The Bertz CT molecular complexity index is 1210. The number of hydrogen-bond donors (Lipinski definition) is 0. The van der Waals surface area contributed by atoms with E-state index in [1.54, 1.807) is 24.3 Å². The topological polar surface area (TPSA) is 40.6 Å². The van der Waals surface area contributed by atoms with Crippen LogP contribution in [0.2, 0.25) is 0 Å². The molecule has 0 aromatic heterocycles. The Balaban J connectivity index is 1.57. The number of anilines is 1. The van der Waals surface area contributed by atoms with Crippen LogP contribution in [0.4, 0.5) is 18.9 Å². The van der Waals surface area contributed by atoms with Gasteiger partial charge in [0.2, 0.25) is 0 Å². The van der Waals surface area contributed by atoms with Gasteiger partial charge in [0, 0.05) is 37.3 Å². The number of halogens is 3. The molecule has 0 N–H and O–H groups in total. The molecule has 4 nitrogen and oxygen atoms in total. The van der Waals surface area contributed by atoms with Crippen molar-refractivity contribution in [3.8, 4) is 0 Å². The maximum atomic E-state index is 14.1. The van der Waals surface area contributed by atoms with Crippen LogP contribution in [0.1, 0.15) is 24.0 Å². The highest BCUT2D eigenvalue weighted by Gasteiger charge is 2.34. The third-order valence-electron chi connectivity index (χ3n) is 5.96. The van der Waals surface area contributed by atoms with Crippen molar-refractivity contribution in [1.29, 1.82) is 0 Å². The summed E-state index contributed by atoms with van der Waals surface area (Å²) in [6.07, 6.45) is 1.04. The fourth-order valence-corrected chi connectivity index (χ4v) is 5.87. The van der Waals surface area contributed by atoms with Gasteiger partial charge in [0.25, 0.3) is 10.0 Å². The lowest BCUT2D eigenvalue weighted by molar-refractivity contribution is 0.204. The van der Waals surface area contributed by atoms with Gasteiger partial charge in [-0.2, -0.15) is 0 Å². The van der Waals surface area contributed by atoms with Crippen LogP contribution >= 0.6 is 0 Å². The number of hydrogen-bond acceptors (Lipinski definition) is 3. The number of sulfonamides is 1. The highest BCUT2D eigenvalue weighted by molar-refractivity contribution is 7.92. The van der Waals surface area contributed by atoms with E-state index in [0.717, 1.165) is 11.6 Å². The van der Waals surface area contributed by atoms with Crippen molar-refractivity contribution in [2.24, 2.45) is 0 Å². The van der Waals surface area contributed by atoms with Gasteiger partial charge >= 0.3 is 0 Å². The van der Waals surface area contributed by atoms with E-state index >= 15 is 0 Å². The Morgan fingerprint density at radius 3 is 2.09 bits per heavy atom. The van der Waals surface area contributed by atoms with Gasteiger partial charge < -0.3 is 0 Å². The van der Waals surface area contributed by atoms with Crippen LogP contribution in [0.15, 0.2) is 71.6 Å². The molecule has 174 valence electrons. The van der Waals surface area contributed by atoms with Crippen molar-refractivity contribution in [3.05, 3.63) is 95.3 Å². The molecule has 1 fully saturated rings. The van der Waals surface area contributed by atoms with Crippen LogP contribution in [0, 0.1) is 24.4 Å². The van der Waals surface area contributed by atoms with E-state index in [2.05, 4.69) is 0 Å². The van der Waals surface area contributed by atoms with Crippen molar-refractivity contribution < 1.29 is 21.6 Å². The zero-order valence-corrected chi connectivity index (χ0v) is 19.0. The molecule has 1 heterocycles. The zero-order valence-electron chi connectivity index (χ0n) is 18.2. The van der Waals surface area contributed by atoms with Crippen molar-refractivity contribution in [1.82, 2.24) is 4.90 Å². The summed E-state index contributed by atoms with van der Waals surface area (Å²) in [6.45, 7) is 3.29. The number of benzene rings is 3. The second kappa shape index (κ2) is 9.57. The normalized spacial score (nSPS) is 15.5. The molecule has 1 saturated heterocycles. The molecule has 0 radical (unpaired) electrons. The molecule has 33 heavy (non-hydrogen) atoms. The molecule has 0 atom stereocenters.